The van der Waals surface area contributed by atoms with Crippen molar-refractivity contribution in [3.63, 3.8) is 0 Å². The van der Waals surface area contributed by atoms with Crippen molar-refractivity contribution < 1.29 is 4.74 Å². The first-order valence-corrected chi connectivity index (χ1v) is 8.10. The summed E-state index contributed by atoms with van der Waals surface area (Å²) in [5, 5.41) is 0. The first kappa shape index (κ1) is 14.8. The number of likely N-dealkylation sites (N-methyl/N-ethyl adjacent to an activating group) is 1. The number of nitrogens with zero attached hydrogens (tertiary/aromatic N) is 2. The van der Waals surface area contributed by atoms with Gasteiger partial charge in [-0.2, -0.15) is 0 Å². The van der Waals surface area contributed by atoms with Crippen molar-refractivity contribution in [3.8, 4) is 5.75 Å². The van der Waals surface area contributed by atoms with Gasteiger partial charge in [-0.05, 0) is 19.0 Å². The van der Waals surface area contributed by atoms with Crippen LogP contribution in [0.3, 0.4) is 0 Å². The molecule has 0 bridgehead atoms. The van der Waals surface area contributed by atoms with Gasteiger partial charge in [0.15, 0.2) is 0 Å². The van der Waals surface area contributed by atoms with Gasteiger partial charge < -0.3 is 15.4 Å². The van der Waals surface area contributed by atoms with E-state index < -0.39 is 0 Å². The number of hydrogen-bond acceptors (Lipinski definition) is 4. The van der Waals surface area contributed by atoms with Crippen LogP contribution in [0.15, 0.2) is 18.2 Å². The number of hydrogen-bond donors (Lipinski definition) is 1. The zero-order valence-corrected chi connectivity index (χ0v) is 13.3. The van der Waals surface area contributed by atoms with Crippen LogP contribution < -0.4 is 10.5 Å². The van der Waals surface area contributed by atoms with Crippen molar-refractivity contribution in [3.05, 3.63) is 29.3 Å². The van der Waals surface area contributed by atoms with Gasteiger partial charge in [0.2, 0.25) is 0 Å². The summed E-state index contributed by atoms with van der Waals surface area (Å²) in [5.41, 5.74) is 8.87. The fraction of sp³-hybridized carbons (Fsp3) is 0.647. The molecule has 1 saturated heterocycles. The number of piperazine rings is 1. The van der Waals surface area contributed by atoms with Crippen LogP contribution >= 0.6 is 0 Å². The zero-order chi connectivity index (χ0) is 14.9. The normalized spacial score (nSPS) is 27.2. The molecule has 2 aliphatic heterocycles. The van der Waals surface area contributed by atoms with E-state index in [0.717, 1.165) is 51.4 Å². The lowest BCUT2D eigenvalue weighted by molar-refractivity contribution is 0.0136. The Hall–Kier alpha value is -1.10. The fourth-order valence-corrected chi connectivity index (χ4v) is 3.76. The van der Waals surface area contributed by atoms with Crippen LogP contribution in [-0.4, -0.2) is 56.2 Å². The Balaban J connectivity index is 2.01. The van der Waals surface area contributed by atoms with Gasteiger partial charge in [0.1, 0.15) is 5.75 Å². The summed E-state index contributed by atoms with van der Waals surface area (Å²) in [6.45, 7) is 8.03. The van der Waals surface area contributed by atoms with Gasteiger partial charge in [-0.3, -0.25) is 4.90 Å². The fourth-order valence-electron chi connectivity index (χ4n) is 3.76. The zero-order valence-electron chi connectivity index (χ0n) is 13.3. The van der Waals surface area contributed by atoms with Gasteiger partial charge >= 0.3 is 0 Å². The minimum atomic E-state index is -0.0416. The Labute approximate surface area is 127 Å². The molecule has 4 nitrogen and oxygen atoms in total. The average molecular weight is 289 g/mol. The highest BCUT2D eigenvalue weighted by molar-refractivity contribution is 5.47. The van der Waals surface area contributed by atoms with E-state index in [1.807, 2.05) is 0 Å². The first-order valence-electron chi connectivity index (χ1n) is 8.10. The average Bonchev–Trinajstić information content (AvgIpc) is 2.54. The van der Waals surface area contributed by atoms with Crippen LogP contribution in [-0.2, 0) is 12.0 Å². The third-order valence-corrected chi connectivity index (χ3v) is 5.19. The maximum absolute atomic E-state index is 6.30. The lowest BCUT2D eigenvalue weighted by atomic mass is 9.81. The molecule has 0 amide bonds. The Kier molecular flexibility index (Phi) is 4.20. The topological polar surface area (TPSA) is 41.7 Å². The predicted molar refractivity (Wildman–Crippen MR) is 85.7 cm³/mol. The molecule has 1 atom stereocenters. The highest BCUT2D eigenvalue weighted by atomic mass is 16.5. The van der Waals surface area contributed by atoms with Crippen molar-refractivity contribution in [2.45, 2.75) is 25.3 Å². The molecule has 0 spiro atoms. The van der Waals surface area contributed by atoms with Gasteiger partial charge in [0, 0.05) is 44.7 Å². The number of rotatable bonds is 3. The lowest BCUT2D eigenvalue weighted by Gasteiger charge is -2.49. The summed E-state index contributed by atoms with van der Waals surface area (Å²) in [4.78, 5) is 4.98. The van der Waals surface area contributed by atoms with E-state index in [-0.39, 0.29) is 5.54 Å². The molecule has 0 radical (unpaired) electrons. The van der Waals surface area contributed by atoms with Crippen molar-refractivity contribution in [1.82, 2.24) is 9.80 Å². The van der Waals surface area contributed by atoms with E-state index in [1.165, 1.54) is 11.1 Å². The Morgan fingerprint density at radius 2 is 2.00 bits per heavy atom. The molecule has 1 aromatic rings. The molecule has 1 fully saturated rings. The van der Waals surface area contributed by atoms with Crippen LogP contribution in [0, 0.1) is 0 Å². The van der Waals surface area contributed by atoms with Crippen molar-refractivity contribution >= 4 is 0 Å². The van der Waals surface area contributed by atoms with Crippen LogP contribution in [0.4, 0.5) is 0 Å². The standard InChI is InChI=1S/C17H27N3O/c1-3-14-5-4-6-15-16(14)21-12-7-17(15,13-18)20-10-8-19(2)9-11-20/h4-6H,3,7-13,18H2,1-2H3. The van der Waals surface area contributed by atoms with E-state index in [4.69, 9.17) is 10.5 Å². The summed E-state index contributed by atoms with van der Waals surface area (Å²) in [7, 11) is 2.19. The Bertz CT molecular complexity index is 497. The maximum atomic E-state index is 6.30. The number of nitrogens with two attached hydrogens (primary N) is 1. The summed E-state index contributed by atoms with van der Waals surface area (Å²) in [6.07, 6.45) is 2.00. The van der Waals surface area contributed by atoms with Crippen molar-refractivity contribution in [2.75, 3.05) is 46.4 Å². The maximum Gasteiger partial charge on any atom is 0.127 e. The largest absolute Gasteiger partial charge is 0.493 e. The van der Waals surface area contributed by atoms with Crippen LogP contribution in [0.2, 0.25) is 0 Å². The number of para-hydroxylation sites is 1. The van der Waals surface area contributed by atoms with Crippen molar-refractivity contribution in [2.24, 2.45) is 5.73 Å². The van der Waals surface area contributed by atoms with Crippen LogP contribution in [0.25, 0.3) is 0 Å². The minimum Gasteiger partial charge on any atom is -0.493 e. The first-order chi connectivity index (χ1) is 10.2. The Morgan fingerprint density at radius 1 is 1.24 bits per heavy atom. The second kappa shape index (κ2) is 5.95. The van der Waals surface area contributed by atoms with E-state index in [1.54, 1.807) is 0 Å². The monoisotopic (exact) mass is 289 g/mol. The molecular weight excluding hydrogens is 262 g/mol. The molecule has 4 heteroatoms. The molecule has 0 aliphatic carbocycles. The van der Waals surface area contributed by atoms with Crippen LogP contribution in [0.5, 0.6) is 5.75 Å². The van der Waals surface area contributed by atoms with Gasteiger partial charge in [0.05, 0.1) is 12.1 Å². The van der Waals surface area contributed by atoms with E-state index in [9.17, 15) is 0 Å². The third-order valence-electron chi connectivity index (χ3n) is 5.19. The number of ether oxygens (including phenoxy) is 1. The highest BCUT2D eigenvalue weighted by Gasteiger charge is 2.43. The number of fused-ring (bicyclic) bond motifs is 1. The van der Waals surface area contributed by atoms with E-state index in [0.29, 0.717) is 6.54 Å². The lowest BCUT2D eigenvalue weighted by Crippen LogP contribution is -2.59. The molecule has 0 saturated carbocycles. The minimum absolute atomic E-state index is 0.0416. The second-order valence-electron chi connectivity index (χ2n) is 6.27. The summed E-state index contributed by atoms with van der Waals surface area (Å²) in [6, 6.07) is 6.56. The summed E-state index contributed by atoms with van der Waals surface area (Å²) >= 11 is 0. The number of aryl methyl sites for hydroxylation is 1. The van der Waals surface area contributed by atoms with Crippen LogP contribution in [0.1, 0.15) is 24.5 Å². The number of benzene rings is 1. The SMILES string of the molecule is CCc1cccc2c1OCCC2(CN)N1CCN(C)CC1. The summed E-state index contributed by atoms with van der Waals surface area (Å²) < 4.78 is 6.02. The van der Waals surface area contributed by atoms with E-state index in [2.05, 4.69) is 42.0 Å². The molecule has 116 valence electrons. The molecule has 3 rings (SSSR count). The smallest absolute Gasteiger partial charge is 0.127 e. The van der Waals surface area contributed by atoms with Gasteiger partial charge in [-0.1, -0.05) is 25.1 Å². The van der Waals surface area contributed by atoms with E-state index >= 15 is 0 Å². The third kappa shape index (κ3) is 2.45. The Morgan fingerprint density at radius 3 is 2.67 bits per heavy atom. The highest BCUT2D eigenvalue weighted by Crippen LogP contribution is 2.43. The molecule has 2 N–H and O–H groups in total. The summed E-state index contributed by atoms with van der Waals surface area (Å²) in [5.74, 6) is 1.09. The molecule has 2 aliphatic rings. The molecule has 1 aromatic carbocycles. The quantitative estimate of drug-likeness (QED) is 0.914. The van der Waals surface area contributed by atoms with Gasteiger partial charge in [-0.25, -0.2) is 0 Å². The molecule has 2 heterocycles. The molecular formula is C17H27N3O. The van der Waals surface area contributed by atoms with Gasteiger partial charge in [0.25, 0.3) is 0 Å². The van der Waals surface area contributed by atoms with Gasteiger partial charge in [-0.15, -0.1) is 0 Å². The predicted octanol–water partition coefficient (Wildman–Crippen LogP) is 1.43. The van der Waals surface area contributed by atoms with Crippen molar-refractivity contribution in [1.29, 1.82) is 0 Å². The second-order valence-corrected chi connectivity index (χ2v) is 6.27. The molecule has 0 aromatic heterocycles. The molecule has 1 unspecified atom stereocenters. The molecule has 21 heavy (non-hydrogen) atoms.